The number of hydrogen-bond acceptors (Lipinski definition) is 3. The molecule has 0 bridgehead atoms. The lowest BCUT2D eigenvalue weighted by Crippen LogP contribution is -2.24. The van der Waals surface area contributed by atoms with Crippen molar-refractivity contribution in [1.82, 2.24) is 9.55 Å². The molecule has 0 amide bonds. The van der Waals surface area contributed by atoms with E-state index in [1.807, 2.05) is 4.57 Å². The molecule has 5 heteroatoms. The van der Waals surface area contributed by atoms with Crippen LogP contribution in [0, 0.1) is 0 Å². The lowest BCUT2D eigenvalue weighted by molar-refractivity contribution is -0.137. The van der Waals surface area contributed by atoms with Crippen molar-refractivity contribution in [3.8, 4) is 0 Å². The Morgan fingerprint density at radius 2 is 2.47 bits per heavy atom. The molecule has 0 radical (unpaired) electrons. The molecule has 1 unspecified atom stereocenters. The van der Waals surface area contributed by atoms with E-state index in [2.05, 4.69) is 4.98 Å². The third-order valence-electron chi connectivity index (χ3n) is 2.72. The first-order valence-corrected chi connectivity index (χ1v) is 5.10. The van der Waals surface area contributed by atoms with Gasteiger partial charge in [0.15, 0.2) is 0 Å². The molecule has 2 N–H and O–H groups in total. The number of imidazole rings is 1. The Morgan fingerprint density at radius 1 is 1.67 bits per heavy atom. The number of aromatic nitrogens is 2. The van der Waals surface area contributed by atoms with Gasteiger partial charge in [-0.3, -0.25) is 4.79 Å². The molecule has 1 atom stereocenters. The van der Waals surface area contributed by atoms with Gasteiger partial charge < -0.3 is 14.8 Å². The first-order valence-electron chi connectivity index (χ1n) is 5.10. The van der Waals surface area contributed by atoms with E-state index in [0.717, 1.165) is 24.5 Å². The average Bonchev–Trinajstić information content (AvgIpc) is 2.57. The van der Waals surface area contributed by atoms with E-state index < -0.39 is 5.97 Å². The van der Waals surface area contributed by atoms with Crippen LogP contribution < -0.4 is 0 Å². The second-order valence-corrected chi connectivity index (χ2v) is 3.86. The number of carboxylic acid groups (broad SMARTS) is 1. The summed E-state index contributed by atoms with van der Waals surface area (Å²) in [5.74, 6) is 0.0792. The van der Waals surface area contributed by atoms with Gasteiger partial charge in [-0.25, -0.2) is 4.98 Å². The summed E-state index contributed by atoms with van der Waals surface area (Å²) >= 11 is 0. The van der Waals surface area contributed by atoms with Crippen molar-refractivity contribution in [2.75, 3.05) is 0 Å². The van der Waals surface area contributed by atoms with Crippen molar-refractivity contribution in [2.24, 2.45) is 0 Å². The molecule has 0 saturated heterocycles. The number of aliphatic hydroxyl groups excluding tert-OH is 1. The molecule has 2 rings (SSSR count). The quantitative estimate of drug-likeness (QED) is 0.747. The van der Waals surface area contributed by atoms with Gasteiger partial charge >= 0.3 is 5.97 Å². The number of rotatable bonds is 3. The van der Waals surface area contributed by atoms with Crippen molar-refractivity contribution < 1.29 is 15.0 Å². The largest absolute Gasteiger partial charge is 0.481 e. The van der Waals surface area contributed by atoms with Crippen molar-refractivity contribution in [3.63, 3.8) is 0 Å². The van der Waals surface area contributed by atoms with Gasteiger partial charge in [0, 0.05) is 24.9 Å². The Kier molecular flexibility index (Phi) is 2.73. The van der Waals surface area contributed by atoms with Crippen molar-refractivity contribution in [3.05, 3.63) is 17.7 Å². The molecule has 0 saturated carbocycles. The highest BCUT2D eigenvalue weighted by molar-refractivity contribution is 5.66. The Balaban J connectivity index is 2.10. The van der Waals surface area contributed by atoms with Gasteiger partial charge in [0.05, 0.1) is 12.5 Å². The van der Waals surface area contributed by atoms with Crippen LogP contribution in [0.25, 0.3) is 0 Å². The second-order valence-electron chi connectivity index (χ2n) is 3.86. The van der Waals surface area contributed by atoms with Crippen molar-refractivity contribution in [2.45, 2.75) is 38.3 Å². The van der Waals surface area contributed by atoms with E-state index in [1.165, 1.54) is 0 Å². The zero-order chi connectivity index (χ0) is 10.8. The maximum absolute atomic E-state index is 10.4. The number of aryl methyl sites for hydroxylation is 1. The van der Waals surface area contributed by atoms with Crippen LogP contribution in [0.1, 0.15) is 24.4 Å². The molecule has 2 heterocycles. The van der Waals surface area contributed by atoms with E-state index in [1.54, 1.807) is 6.20 Å². The Morgan fingerprint density at radius 3 is 3.20 bits per heavy atom. The topological polar surface area (TPSA) is 75.3 Å². The number of aliphatic hydroxyl groups is 1. The fourth-order valence-corrected chi connectivity index (χ4v) is 1.92. The van der Waals surface area contributed by atoms with Gasteiger partial charge in [-0.15, -0.1) is 0 Å². The summed E-state index contributed by atoms with van der Waals surface area (Å²) in [4.78, 5) is 14.6. The zero-order valence-corrected chi connectivity index (χ0v) is 8.39. The number of hydrogen-bond donors (Lipinski definition) is 2. The fourth-order valence-electron chi connectivity index (χ4n) is 1.92. The fraction of sp³-hybridized carbons (Fsp3) is 0.600. The molecule has 82 valence electrons. The average molecular weight is 210 g/mol. The first kappa shape index (κ1) is 10.2. The van der Waals surface area contributed by atoms with Crippen molar-refractivity contribution >= 4 is 5.97 Å². The van der Waals surface area contributed by atoms with Crippen LogP contribution in [0.5, 0.6) is 0 Å². The standard InChI is InChI=1S/C10H14N2O3/c13-8-3-4-12-7(1-2-10(14)15)6-11-9(12)5-8/h6,8,13H,1-5H2,(H,14,15). The molecule has 1 aliphatic heterocycles. The number of nitrogens with zero attached hydrogens (tertiary/aromatic N) is 2. The molecule has 1 aliphatic rings. The molecule has 0 aliphatic carbocycles. The number of aliphatic carboxylic acids is 1. The molecule has 5 nitrogen and oxygen atoms in total. The van der Waals surface area contributed by atoms with Crippen molar-refractivity contribution in [1.29, 1.82) is 0 Å². The third kappa shape index (κ3) is 2.18. The Labute approximate surface area is 87.4 Å². The summed E-state index contributed by atoms with van der Waals surface area (Å²) in [5, 5.41) is 18.0. The maximum atomic E-state index is 10.4. The van der Waals surface area contributed by atoms with Crippen LogP contribution in [0.2, 0.25) is 0 Å². The Bertz CT molecular complexity index is 373. The summed E-state index contributed by atoms with van der Waals surface area (Å²) < 4.78 is 2.02. The normalized spacial score (nSPS) is 19.9. The molecular weight excluding hydrogens is 196 g/mol. The highest BCUT2D eigenvalue weighted by atomic mass is 16.4. The first-order chi connectivity index (χ1) is 7.16. The summed E-state index contributed by atoms with van der Waals surface area (Å²) in [6.45, 7) is 0.742. The second kappa shape index (κ2) is 4.02. The SMILES string of the molecule is O=C(O)CCc1cnc2n1CCC(O)C2. The smallest absolute Gasteiger partial charge is 0.303 e. The predicted molar refractivity (Wildman–Crippen MR) is 52.5 cm³/mol. The monoisotopic (exact) mass is 210 g/mol. The maximum Gasteiger partial charge on any atom is 0.303 e. The van der Waals surface area contributed by atoms with Gasteiger partial charge in [0.1, 0.15) is 5.82 Å². The number of carboxylic acids is 1. The number of fused-ring (bicyclic) bond motifs is 1. The zero-order valence-electron chi connectivity index (χ0n) is 8.39. The molecule has 1 aromatic heterocycles. The minimum absolute atomic E-state index is 0.133. The summed E-state index contributed by atoms with van der Waals surface area (Å²) in [7, 11) is 0. The van der Waals surface area contributed by atoms with Gasteiger partial charge in [-0.1, -0.05) is 0 Å². The summed E-state index contributed by atoms with van der Waals surface area (Å²) in [6, 6.07) is 0. The third-order valence-corrected chi connectivity index (χ3v) is 2.72. The van der Waals surface area contributed by atoms with Crippen LogP contribution in [0.4, 0.5) is 0 Å². The Hall–Kier alpha value is -1.36. The van der Waals surface area contributed by atoms with E-state index in [0.29, 0.717) is 12.8 Å². The van der Waals surface area contributed by atoms with E-state index in [-0.39, 0.29) is 12.5 Å². The van der Waals surface area contributed by atoms with Crippen LogP contribution >= 0.6 is 0 Å². The van der Waals surface area contributed by atoms with Gasteiger partial charge in [-0.05, 0) is 12.8 Å². The molecule has 15 heavy (non-hydrogen) atoms. The van der Waals surface area contributed by atoms with Crippen LogP contribution in [-0.2, 0) is 24.2 Å². The van der Waals surface area contributed by atoms with Gasteiger partial charge in [-0.2, -0.15) is 0 Å². The highest BCUT2D eigenvalue weighted by Gasteiger charge is 2.19. The van der Waals surface area contributed by atoms with Gasteiger partial charge in [0.25, 0.3) is 0 Å². The van der Waals surface area contributed by atoms with Crippen LogP contribution in [0.3, 0.4) is 0 Å². The van der Waals surface area contributed by atoms with Gasteiger partial charge in [0.2, 0.25) is 0 Å². The number of carbonyl (C=O) groups is 1. The molecule has 0 aromatic carbocycles. The lowest BCUT2D eigenvalue weighted by atomic mass is 10.1. The van der Waals surface area contributed by atoms with Crippen LogP contribution in [0.15, 0.2) is 6.20 Å². The predicted octanol–water partition coefficient (Wildman–Crippen LogP) is 0.207. The minimum atomic E-state index is -0.790. The van der Waals surface area contributed by atoms with Crippen LogP contribution in [-0.4, -0.2) is 31.8 Å². The summed E-state index contributed by atoms with van der Waals surface area (Å²) in [5.41, 5.74) is 0.958. The summed E-state index contributed by atoms with van der Waals surface area (Å²) in [6.07, 6.45) is 3.37. The van der Waals surface area contributed by atoms with E-state index in [4.69, 9.17) is 5.11 Å². The molecule has 0 spiro atoms. The minimum Gasteiger partial charge on any atom is -0.481 e. The van der Waals surface area contributed by atoms with E-state index in [9.17, 15) is 9.90 Å². The lowest BCUT2D eigenvalue weighted by Gasteiger charge is -2.20. The molecular formula is C10H14N2O3. The molecule has 1 aromatic rings. The van der Waals surface area contributed by atoms with E-state index >= 15 is 0 Å². The highest BCUT2D eigenvalue weighted by Crippen LogP contribution is 2.17. The molecule has 0 fully saturated rings.